The van der Waals surface area contributed by atoms with Crippen LogP contribution in [-0.4, -0.2) is 67.0 Å². The number of aliphatic carboxylic acids is 1. The van der Waals surface area contributed by atoms with Gasteiger partial charge in [-0.1, -0.05) is 48.5 Å². The van der Waals surface area contributed by atoms with E-state index in [1.165, 1.54) is 0 Å². The van der Waals surface area contributed by atoms with Crippen molar-refractivity contribution in [1.29, 1.82) is 0 Å². The van der Waals surface area contributed by atoms with E-state index in [9.17, 15) is 14.4 Å². The Morgan fingerprint density at radius 2 is 1.69 bits per heavy atom. The third-order valence-electron chi connectivity index (χ3n) is 5.87. The molecular weight excluding hydrogens is 468 g/mol. The standard InChI is InChI=1S/C26H32N2O6S/c1-3-33-17(14-24(29)30)15-27-25(31)23(12-13-35-2)28-26(32)34-16-22-20-10-6-4-8-18(20)19-9-5-7-11-21(19)22/h4-11,17,22-23H,3,12-16H2,1-2H3,(H,27,31)(H,28,32)(H,29,30)/t17?,23-/m1/s1. The summed E-state index contributed by atoms with van der Waals surface area (Å²) >= 11 is 1.56. The Balaban J connectivity index is 1.59. The first-order valence-electron chi connectivity index (χ1n) is 11.7. The van der Waals surface area contributed by atoms with Gasteiger partial charge in [-0.3, -0.25) is 9.59 Å². The summed E-state index contributed by atoms with van der Waals surface area (Å²) in [5.74, 6) is -0.822. The maximum absolute atomic E-state index is 12.8. The Bertz CT molecular complexity index is 985. The molecule has 188 valence electrons. The molecule has 0 saturated carbocycles. The number of hydrogen-bond acceptors (Lipinski definition) is 6. The number of rotatable bonds is 13. The van der Waals surface area contributed by atoms with Gasteiger partial charge in [0, 0.05) is 19.1 Å². The summed E-state index contributed by atoms with van der Waals surface area (Å²) in [4.78, 5) is 36.5. The molecule has 0 radical (unpaired) electrons. The second-order valence-corrected chi connectivity index (χ2v) is 9.21. The summed E-state index contributed by atoms with van der Waals surface area (Å²) in [7, 11) is 0. The van der Waals surface area contributed by atoms with Gasteiger partial charge in [0.05, 0.1) is 12.5 Å². The number of hydrogen-bond donors (Lipinski definition) is 3. The summed E-state index contributed by atoms with van der Waals surface area (Å²) in [6.45, 7) is 2.29. The van der Waals surface area contributed by atoms with E-state index in [0.29, 0.717) is 18.8 Å². The van der Waals surface area contributed by atoms with E-state index >= 15 is 0 Å². The van der Waals surface area contributed by atoms with Gasteiger partial charge < -0.3 is 25.2 Å². The van der Waals surface area contributed by atoms with Gasteiger partial charge in [-0.15, -0.1) is 0 Å². The summed E-state index contributed by atoms with van der Waals surface area (Å²) in [6.07, 6.45) is 0.802. The number of ether oxygens (including phenoxy) is 2. The largest absolute Gasteiger partial charge is 0.481 e. The van der Waals surface area contributed by atoms with Crippen LogP contribution in [0.1, 0.15) is 36.8 Å². The Kier molecular flexibility index (Phi) is 9.98. The minimum absolute atomic E-state index is 0.0428. The SMILES string of the molecule is CCOC(CNC(=O)[C@@H](CCSC)NC(=O)OCC1c2ccccc2-c2ccccc21)CC(=O)O. The maximum atomic E-state index is 12.8. The molecule has 1 unspecified atom stereocenters. The average molecular weight is 501 g/mol. The van der Waals surface area contributed by atoms with Crippen LogP contribution in [0.5, 0.6) is 0 Å². The molecule has 35 heavy (non-hydrogen) atoms. The van der Waals surface area contributed by atoms with E-state index in [1.807, 2.05) is 42.7 Å². The van der Waals surface area contributed by atoms with Gasteiger partial charge in [0.2, 0.25) is 5.91 Å². The van der Waals surface area contributed by atoms with Gasteiger partial charge in [0.15, 0.2) is 0 Å². The fourth-order valence-corrected chi connectivity index (χ4v) is 4.72. The molecule has 0 bridgehead atoms. The fraction of sp³-hybridized carbons (Fsp3) is 0.423. The van der Waals surface area contributed by atoms with Gasteiger partial charge in [-0.05, 0) is 47.6 Å². The Labute approximate surface area is 209 Å². The zero-order chi connectivity index (χ0) is 25.2. The topological polar surface area (TPSA) is 114 Å². The van der Waals surface area contributed by atoms with E-state index in [1.54, 1.807) is 18.7 Å². The third-order valence-corrected chi connectivity index (χ3v) is 6.52. The number of carbonyl (C=O) groups is 3. The molecule has 0 aromatic heterocycles. The predicted molar refractivity (Wildman–Crippen MR) is 136 cm³/mol. The van der Waals surface area contributed by atoms with E-state index in [4.69, 9.17) is 14.6 Å². The molecule has 2 amide bonds. The normalized spacial score (nSPS) is 13.9. The van der Waals surface area contributed by atoms with Gasteiger partial charge in [-0.25, -0.2) is 4.79 Å². The quantitative estimate of drug-likeness (QED) is 0.385. The van der Waals surface area contributed by atoms with Crippen LogP contribution in [0.2, 0.25) is 0 Å². The molecule has 0 aliphatic heterocycles. The van der Waals surface area contributed by atoms with Gasteiger partial charge in [0.25, 0.3) is 0 Å². The molecule has 0 saturated heterocycles. The number of carboxylic acid groups (broad SMARTS) is 1. The number of thioether (sulfide) groups is 1. The number of carbonyl (C=O) groups excluding carboxylic acids is 2. The number of nitrogens with one attached hydrogen (secondary N) is 2. The fourth-order valence-electron chi connectivity index (χ4n) is 4.24. The molecular formula is C26H32N2O6S. The number of fused-ring (bicyclic) bond motifs is 3. The highest BCUT2D eigenvalue weighted by Crippen LogP contribution is 2.44. The molecule has 2 atom stereocenters. The molecule has 9 heteroatoms. The van der Waals surface area contributed by atoms with Crippen molar-refractivity contribution in [2.45, 2.75) is 37.8 Å². The van der Waals surface area contributed by atoms with Gasteiger partial charge >= 0.3 is 12.1 Å². The molecule has 0 heterocycles. The molecule has 3 N–H and O–H groups in total. The third kappa shape index (κ3) is 7.22. The Morgan fingerprint density at radius 1 is 1.06 bits per heavy atom. The summed E-state index contributed by atoms with van der Waals surface area (Å²) in [6, 6.07) is 15.4. The maximum Gasteiger partial charge on any atom is 0.407 e. The monoisotopic (exact) mass is 500 g/mol. The van der Waals surface area contributed by atoms with Crippen LogP contribution in [0.25, 0.3) is 11.1 Å². The van der Waals surface area contributed by atoms with E-state index in [-0.39, 0.29) is 25.5 Å². The van der Waals surface area contributed by atoms with Crippen LogP contribution in [0, 0.1) is 0 Å². The first-order valence-corrected chi connectivity index (χ1v) is 13.1. The lowest BCUT2D eigenvalue weighted by Crippen LogP contribution is -2.49. The van der Waals surface area contributed by atoms with Gasteiger partial charge in [-0.2, -0.15) is 11.8 Å². The minimum atomic E-state index is -1.01. The first-order chi connectivity index (χ1) is 16.9. The van der Waals surface area contributed by atoms with Crippen molar-refractivity contribution in [2.24, 2.45) is 0 Å². The van der Waals surface area contributed by atoms with Crippen molar-refractivity contribution in [3.8, 4) is 11.1 Å². The van der Waals surface area contributed by atoms with Crippen molar-refractivity contribution in [2.75, 3.05) is 31.8 Å². The van der Waals surface area contributed by atoms with Crippen molar-refractivity contribution in [3.63, 3.8) is 0 Å². The van der Waals surface area contributed by atoms with E-state index in [2.05, 4.69) is 22.8 Å². The van der Waals surface area contributed by atoms with Crippen LogP contribution in [-0.2, 0) is 19.1 Å². The summed E-state index contributed by atoms with van der Waals surface area (Å²) in [5.41, 5.74) is 4.50. The second-order valence-electron chi connectivity index (χ2n) is 8.22. The zero-order valence-corrected chi connectivity index (χ0v) is 20.8. The van der Waals surface area contributed by atoms with E-state index in [0.717, 1.165) is 22.3 Å². The van der Waals surface area contributed by atoms with E-state index < -0.39 is 30.1 Å². The van der Waals surface area contributed by atoms with Crippen molar-refractivity contribution < 1.29 is 29.0 Å². The van der Waals surface area contributed by atoms with Crippen molar-refractivity contribution >= 4 is 29.7 Å². The first kappa shape index (κ1) is 26.6. The van der Waals surface area contributed by atoms with Crippen molar-refractivity contribution in [1.82, 2.24) is 10.6 Å². The predicted octanol–water partition coefficient (Wildman–Crippen LogP) is 3.64. The second kappa shape index (κ2) is 13.2. The minimum Gasteiger partial charge on any atom is -0.481 e. The highest BCUT2D eigenvalue weighted by Gasteiger charge is 2.30. The smallest absolute Gasteiger partial charge is 0.407 e. The molecule has 3 rings (SSSR count). The van der Waals surface area contributed by atoms with Crippen molar-refractivity contribution in [3.05, 3.63) is 59.7 Å². The molecule has 2 aromatic carbocycles. The zero-order valence-electron chi connectivity index (χ0n) is 20.0. The molecule has 1 aliphatic rings. The average Bonchev–Trinajstić information content (AvgIpc) is 3.17. The number of carboxylic acids is 1. The highest BCUT2D eigenvalue weighted by atomic mass is 32.2. The van der Waals surface area contributed by atoms with Crippen LogP contribution >= 0.6 is 11.8 Å². The Hall–Kier alpha value is -3.04. The van der Waals surface area contributed by atoms with Crippen LogP contribution in [0.15, 0.2) is 48.5 Å². The van der Waals surface area contributed by atoms with Crippen LogP contribution in [0.4, 0.5) is 4.79 Å². The lowest BCUT2D eigenvalue weighted by Gasteiger charge is -2.21. The highest BCUT2D eigenvalue weighted by molar-refractivity contribution is 7.98. The lowest BCUT2D eigenvalue weighted by atomic mass is 9.98. The van der Waals surface area contributed by atoms with Crippen LogP contribution < -0.4 is 10.6 Å². The number of benzene rings is 2. The molecule has 2 aromatic rings. The molecule has 8 nitrogen and oxygen atoms in total. The van der Waals surface area contributed by atoms with Gasteiger partial charge in [0.1, 0.15) is 12.6 Å². The molecule has 0 spiro atoms. The summed E-state index contributed by atoms with van der Waals surface area (Å²) in [5, 5.41) is 14.4. The molecule has 0 fully saturated rings. The lowest BCUT2D eigenvalue weighted by molar-refractivity contribution is -0.140. The Morgan fingerprint density at radius 3 is 2.26 bits per heavy atom. The molecule has 1 aliphatic carbocycles. The van der Waals surface area contributed by atoms with Crippen LogP contribution in [0.3, 0.4) is 0 Å². The number of amides is 2. The summed E-state index contributed by atoms with van der Waals surface area (Å²) < 4.78 is 11.0. The number of alkyl carbamates (subject to hydrolysis) is 1.